The Labute approximate surface area is 112 Å². The number of nitrogens with one attached hydrogen (secondary N) is 1. The minimum absolute atomic E-state index is 0.290. The molecule has 0 radical (unpaired) electrons. The summed E-state index contributed by atoms with van der Waals surface area (Å²) in [5.41, 5.74) is 2.05. The molecule has 5 heteroatoms. The quantitative estimate of drug-likeness (QED) is 0.892. The van der Waals surface area contributed by atoms with Gasteiger partial charge in [-0.2, -0.15) is 5.10 Å². The molecule has 2 aromatic rings. The third-order valence-corrected chi connectivity index (χ3v) is 2.79. The van der Waals surface area contributed by atoms with Crippen LogP contribution in [0.25, 0.3) is 0 Å². The molecule has 5 nitrogen and oxygen atoms in total. The first-order chi connectivity index (χ1) is 9.25. The third kappa shape index (κ3) is 4.13. The molecule has 0 bridgehead atoms. The summed E-state index contributed by atoms with van der Waals surface area (Å²) in [5, 5.41) is 6.78. The molecule has 1 heterocycles. The van der Waals surface area contributed by atoms with Crippen LogP contribution >= 0.6 is 0 Å². The zero-order valence-corrected chi connectivity index (χ0v) is 10.9. The van der Waals surface area contributed by atoms with Gasteiger partial charge in [-0.3, -0.25) is 4.68 Å². The SMILES string of the molecule is Cn1nccc1CCNC(=O)OCc1ccccc1. The second-order valence-corrected chi connectivity index (χ2v) is 4.18. The Hall–Kier alpha value is -2.30. The molecular formula is C14H17N3O2. The third-order valence-electron chi connectivity index (χ3n) is 2.79. The van der Waals surface area contributed by atoms with Crippen LogP contribution in [0.5, 0.6) is 0 Å². The maximum Gasteiger partial charge on any atom is 0.407 e. The van der Waals surface area contributed by atoms with E-state index in [0.29, 0.717) is 13.2 Å². The van der Waals surface area contributed by atoms with Crippen molar-refractivity contribution in [3.05, 3.63) is 53.9 Å². The number of hydrogen-bond acceptors (Lipinski definition) is 3. The summed E-state index contributed by atoms with van der Waals surface area (Å²) in [4.78, 5) is 11.5. The highest BCUT2D eigenvalue weighted by Crippen LogP contribution is 2.00. The molecule has 0 fully saturated rings. The van der Waals surface area contributed by atoms with E-state index in [9.17, 15) is 4.79 Å². The number of hydrogen-bond donors (Lipinski definition) is 1. The molecule has 1 aromatic heterocycles. The van der Waals surface area contributed by atoms with E-state index in [1.807, 2.05) is 43.4 Å². The summed E-state index contributed by atoms with van der Waals surface area (Å²) in [7, 11) is 1.88. The summed E-state index contributed by atoms with van der Waals surface area (Å²) in [6, 6.07) is 11.5. The molecule has 1 aromatic carbocycles. The monoisotopic (exact) mass is 259 g/mol. The molecule has 0 unspecified atom stereocenters. The Kier molecular flexibility index (Phi) is 4.55. The van der Waals surface area contributed by atoms with Crippen LogP contribution in [0.15, 0.2) is 42.6 Å². The highest BCUT2D eigenvalue weighted by Gasteiger charge is 2.03. The van der Waals surface area contributed by atoms with Gasteiger partial charge in [0.25, 0.3) is 0 Å². The Balaban J connectivity index is 1.66. The summed E-state index contributed by atoms with van der Waals surface area (Å²) < 4.78 is 6.89. The number of carbonyl (C=O) groups excluding carboxylic acids is 1. The first-order valence-electron chi connectivity index (χ1n) is 6.17. The molecule has 0 aliphatic carbocycles. The number of rotatable bonds is 5. The van der Waals surface area contributed by atoms with Crippen molar-refractivity contribution in [1.82, 2.24) is 15.1 Å². The fraction of sp³-hybridized carbons (Fsp3) is 0.286. The van der Waals surface area contributed by atoms with Gasteiger partial charge in [0.2, 0.25) is 0 Å². The average molecular weight is 259 g/mol. The maximum absolute atomic E-state index is 11.5. The van der Waals surface area contributed by atoms with E-state index in [1.165, 1.54) is 0 Å². The van der Waals surface area contributed by atoms with E-state index in [0.717, 1.165) is 17.7 Å². The molecule has 0 saturated carbocycles. The lowest BCUT2D eigenvalue weighted by Crippen LogP contribution is -2.26. The summed E-state index contributed by atoms with van der Waals surface area (Å²) >= 11 is 0. The van der Waals surface area contributed by atoms with E-state index >= 15 is 0 Å². The van der Waals surface area contributed by atoms with Crippen molar-refractivity contribution >= 4 is 6.09 Å². The van der Waals surface area contributed by atoms with Crippen LogP contribution in [0.2, 0.25) is 0 Å². The first-order valence-corrected chi connectivity index (χ1v) is 6.17. The van der Waals surface area contributed by atoms with E-state index in [4.69, 9.17) is 4.74 Å². The topological polar surface area (TPSA) is 56.2 Å². The van der Waals surface area contributed by atoms with E-state index in [-0.39, 0.29) is 0 Å². The van der Waals surface area contributed by atoms with Crippen LogP contribution in [0.1, 0.15) is 11.3 Å². The van der Waals surface area contributed by atoms with Crippen molar-refractivity contribution < 1.29 is 9.53 Å². The summed E-state index contributed by atoms with van der Waals surface area (Å²) in [5.74, 6) is 0. The molecule has 0 atom stereocenters. The molecular weight excluding hydrogens is 242 g/mol. The predicted octanol–water partition coefficient (Wildman–Crippen LogP) is 1.89. The van der Waals surface area contributed by atoms with Gasteiger partial charge in [-0.15, -0.1) is 0 Å². The average Bonchev–Trinajstić information content (AvgIpc) is 2.83. The Morgan fingerprint density at radius 2 is 2.11 bits per heavy atom. The molecule has 19 heavy (non-hydrogen) atoms. The van der Waals surface area contributed by atoms with Crippen molar-refractivity contribution in [3.8, 4) is 0 Å². The smallest absolute Gasteiger partial charge is 0.407 e. The number of carbonyl (C=O) groups is 1. The van der Waals surface area contributed by atoms with Crippen molar-refractivity contribution in [2.24, 2.45) is 7.05 Å². The Bertz CT molecular complexity index is 522. The lowest BCUT2D eigenvalue weighted by atomic mass is 10.2. The fourth-order valence-electron chi connectivity index (χ4n) is 1.71. The van der Waals surface area contributed by atoms with Crippen LogP contribution in [0.4, 0.5) is 4.79 Å². The second-order valence-electron chi connectivity index (χ2n) is 4.18. The van der Waals surface area contributed by atoms with Crippen LogP contribution in [0.3, 0.4) is 0 Å². The van der Waals surface area contributed by atoms with E-state index in [2.05, 4.69) is 10.4 Å². The maximum atomic E-state index is 11.5. The largest absolute Gasteiger partial charge is 0.445 e. The molecule has 1 N–H and O–H groups in total. The number of ether oxygens (including phenoxy) is 1. The molecule has 1 amide bonds. The molecule has 0 aliphatic heterocycles. The molecule has 0 saturated heterocycles. The van der Waals surface area contributed by atoms with E-state index < -0.39 is 6.09 Å². The molecule has 100 valence electrons. The minimum Gasteiger partial charge on any atom is -0.445 e. The second kappa shape index (κ2) is 6.58. The first kappa shape index (κ1) is 13.1. The number of aromatic nitrogens is 2. The van der Waals surface area contributed by atoms with Gasteiger partial charge in [-0.25, -0.2) is 4.79 Å². The van der Waals surface area contributed by atoms with Gasteiger partial charge in [0, 0.05) is 31.9 Å². The van der Waals surface area contributed by atoms with Crippen molar-refractivity contribution in [2.45, 2.75) is 13.0 Å². The standard InChI is InChI=1S/C14H17N3O2/c1-17-13(8-10-16-17)7-9-15-14(18)19-11-12-5-3-2-4-6-12/h2-6,8,10H,7,9,11H2,1H3,(H,15,18). The number of benzene rings is 1. The van der Waals surface area contributed by atoms with Gasteiger partial charge in [0.1, 0.15) is 6.61 Å². The summed E-state index contributed by atoms with van der Waals surface area (Å²) in [6.45, 7) is 0.825. The highest BCUT2D eigenvalue weighted by atomic mass is 16.5. The highest BCUT2D eigenvalue weighted by molar-refractivity contribution is 5.67. The lowest BCUT2D eigenvalue weighted by molar-refractivity contribution is 0.139. The number of nitrogens with zero attached hydrogens (tertiary/aromatic N) is 2. The predicted molar refractivity (Wildman–Crippen MR) is 71.5 cm³/mol. The minimum atomic E-state index is -0.397. The Morgan fingerprint density at radius 1 is 1.32 bits per heavy atom. The van der Waals surface area contributed by atoms with Crippen molar-refractivity contribution in [2.75, 3.05) is 6.54 Å². The zero-order valence-electron chi connectivity index (χ0n) is 10.9. The summed E-state index contributed by atoms with van der Waals surface area (Å²) in [6.07, 6.45) is 2.08. The van der Waals surface area contributed by atoms with Crippen LogP contribution < -0.4 is 5.32 Å². The number of alkyl carbamates (subject to hydrolysis) is 1. The van der Waals surface area contributed by atoms with Gasteiger partial charge in [-0.1, -0.05) is 30.3 Å². The zero-order chi connectivity index (χ0) is 13.5. The van der Waals surface area contributed by atoms with Crippen LogP contribution in [0, 0.1) is 0 Å². The molecule has 2 rings (SSSR count). The van der Waals surface area contributed by atoms with E-state index in [1.54, 1.807) is 10.9 Å². The molecule has 0 aliphatic rings. The normalized spacial score (nSPS) is 10.2. The van der Waals surface area contributed by atoms with Crippen LogP contribution in [-0.4, -0.2) is 22.4 Å². The number of aryl methyl sites for hydroxylation is 1. The fourth-order valence-corrected chi connectivity index (χ4v) is 1.71. The van der Waals surface area contributed by atoms with Gasteiger partial charge >= 0.3 is 6.09 Å². The lowest BCUT2D eigenvalue weighted by Gasteiger charge is -2.07. The van der Waals surface area contributed by atoms with Gasteiger partial charge in [-0.05, 0) is 11.6 Å². The van der Waals surface area contributed by atoms with Crippen molar-refractivity contribution in [3.63, 3.8) is 0 Å². The Morgan fingerprint density at radius 3 is 2.79 bits per heavy atom. The van der Waals surface area contributed by atoms with Gasteiger partial charge in [0.15, 0.2) is 0 Å². The van der Waals surface area contributed by atoms with Crippen molar-refractivity contribution in [1.29, 1.82) is 0 Å². The van der Waals surface area contributed by atoms with Crippen LogP contribution in [-0.2, 0) is 24.8 Å². The van der Waals surface area contributed by atoms with Gasteiger partial charge < -0.3 is 10.1 Å². The number of amides is 1. The molecule has 0 spiro atoms. The van der Waals surface area contributed by atoms with Gasteiger partial charge in [0.05, 0.1) is 0 Å².